The molecule has 3 heterocycles. The molecule has 30 heavy (non-hydrogen) atoms. The summed E-state index contributed by atoms with van der Waals surface area (Å²) >= 11 is 0. The van der Waals surface area contributed by atoms with Crippen LogP contribution in [0.1, 0.15) is 33.3 Å². The van der Waals surface area contributed by atoms with Crippen LogP contribution < -0.4 is 10.6 Å². The van der Waals surface area contributed by atoms with Crippen LogP contribution in [0, 0.1) is 6.92 Å². The summed E-state index contributed by atoms with van der Waals surface area (Å²) in [6.45, 7) is 8.78. The molecule has 0 radical (unpaired) electrons. The van der Waals surface area contributed by atoms with E-state index in [4.69, 9.17) is 23.7 Å². The van der Waals surface area contributed by atoms with Crippen LogP contribution in [-0.4, -0.2) is 60.6 Å². The second-order valence-electron chi connectivity index (χ2n) is 8.67. The first-order chi connectivity index (χ1) is 14.0. The fraction of sp³-hybridized carbons (Fsp3) is 0.619. The van der Waals surface area contributed by atoms with Crippen molar-refractivity contribution in [3.8, 4) is 0 Å². The van der Waals surface area contributed by atoms with Crippen molar-refractivity contribution in [2.45, 2.75) is 76.9 Å². The van der Waals surface area contributed by atoms with Crippen LogP contribution >= 0.6 is 0 Å². The molecule has 3 aliphatic rings. The topological polar surface area (TPSA) is 104 Å². The molecule has 0 spiro atoms. The van der Waals surface area contributed by atoms with Crippen LogP contribution in [0.3, 0.4) is 0 Å². The third-order valence-electron chi connectivity index (χ3n) is 5.26. The molecule has 3 fully saturated rings. The van der Waals surface area contributed by atoms with Gasteiger partial charge in [-0.1, -0.05) is 18.2 Å². The Labute approximate surface area is 175 Å². The number of hydrogen-bond donors (Lipinski definition) is 2. The number of carbonyl (C=O) groups excluding carboxylic acids is 2. The van der Waals surface area contributed by atoms with E-state index in [0.717, 1.165) is 5.56 Å². The van der Waals surface area contributed by atoms with Crippen molar-refractivity contribution in [2.24, 2.45) is 0 Å². The molecule has 2 N–H and O–H groups in total. The molecule has 2 amide bonds. The van der Waals surface area contributed by atoms with E-state index in [1.165, 1.54) is 0 Å². The second-order valence-corrected chi connectivity index (χ2v) is 8.67. The Morgan fingerprint density at radius 3 is 2.30 bits per heavy atom. The summed E-state index contributed by atoms with van der Waals surface area (Å²) in [5.41, 5.74) is 1.63. The summed E-state index contributed by atoms with van der Waals surface area (Å²) in [6, 6.07) is 7.41. The van der Waals surface area contributed by atoms with Gasteiger partial charge < -0.3 is 34.3 Å². The molecule has 9 nitrogen and oxygen atoms in total. The molecule has 5 unspecified atom stereocenters. The monoisotopic (exact) mass is 420 g/mol. The number of ether oxygens (including phenoxy) is 5. The Kier molecular flexibility index (Phi) is 5.36. The Bertz CT molecular complexity index is 840. The van der Waals surface area contributed by atoms with Crippen LogP contribution in [0.5, 0.6) is 0 Å². The lowest BCUT2D eigenvalue weighted by Gasteiger charge is -2.36. The first-order valence-corrected chi connectivity index (χ1v) is 10.0. The minimum Gasteiger partial charge on any atom is -0.345 e. The molecule has 0 bridgehead atoms. The van der Waals surface area contributed by atoms with Gasteiger partial charge in [0.05, 0.1) is 6.54 Å². The zero-order valence-electron chi connectivity index (χ0n) is 17.8. The van der Waals surface area contributed by atoms with E-state index in [9.17, 15) is 9.59 Å². The fourth-order valence-electron chi connectivity index (χ4n) is 4.00. The largest absolute Gasteiger partial charge is 0.345 e. The molecule has 4 rings (SSSR count). The molecular formula is C21H28N2O7. The van der Waals surface area contributed by atoms with Gasteiger partial charge >= 0.3 is 0 Å². The van der Waals surface area contributed by atoms with Gasteiger partial charge in [0.2, 0.25) is 5.91 Å². The summed E-state index contributed by atoms with van der Waals surface area (Å²) in [5, 5.41) is 5.41. The second kappa shape index (κ2) is 7.58. The standard InChI is InChI=1S/C21H28N2O7/c1-11-8-6-7-9-12(11)23-13(24)10-22-18(25)16-14-15(28-20(2,3)27-14)17-19(26-16)30-21(4,5)29-17/h6-9,14-17,19H,10H2,1-5H3,(H,22,25)(H,23,24). The molecule has 3 saturated heterocycles. The van der Waals surface area contributed by atoms with Crippen molar-refractivity contribution in [1.29, 1.82) is 0 Å². The number of aryl methyl sites for hydroxylation is 1. The molecule has 5 atom stereocenters. The van der Waals surface area contributed by atoms with Crippen LogP contribution in [0.2, 0.25) is 0 Å². The van der Waals surface area contributed by atoms with Crippen molar-refractivity contribution in [1.82, 2.24) is 5.32 Å². The van der Waals surface area contributed by atoms with Gasteiger partial charge in [0.1, 0.15) is 18.3 Å². The number of carbonyl (C=O) groups is 2. The zero-order valence-corrected chi connectivity index (χ0v) is 17.8. The van der Waals surface area contributed by atoms with Crippen molar-refractivity contribution in [2.75, 3.05) is 11.9 Å². The highest BCUT2D eigenvalue weighted by atomic mass is 16.9. The maximum absolute atomic E-state index is 12.9. The summed E-state index contributed by atoms with van der Waals surface area (Å²) in [5.74, 6) is -2.58. The first-order valence-electron chi connectivity index (χ1n) is 10.0. The molecule has 9 heteroatoms. The summed E-state index contributed by atoms with van der Waals surface area (Å²) < 4.78 is 29.5. The van der Waals surface area contributed by atoms with Gasteiger partial charge in [-0.25, -0.2) is 0 Å². The van der Waals surface area contributed by atoms with Crippen LogP contribution in [-0.2, 0) is 33.3 Å². The lowest BCUT2D eigenvalue weighted by molar-refractivity contribution is -0.231. The number of nitrogens with one attached hydrogen (secondary N) is 2. The average molecular weight is 420 g/mol. The molecular weight excluding hydrogens is 392 g/mol. The quantitative estimate of drug-likeness (QED) is 0.760. The van der Waals surface area contributed by atoms with Gasteiger partial charge in [-0.3, -0.25) is 9.59 Å². The van der Waals surface area contributed by atoms with Crippen molar-refractivity contribution in [3.63, 3.8) is 0 Å². The minimum absolute atomic E-state index is 0.203. The predicted molar refractivity (Wildman–Crippen MR) is 105 cm³/mol. The third kappa shape index (κ3) is 4.21. The third-order valence-corrected chi connectivity index (χ3v) is 5.26. The average Bonchev–Trinajstić information content (AvgIpc) is 3.14. The lowest BCUT2D eigenvalue weighted by Crippen LogP contribution is -2.59. The fourth-order valence-corrected chi connectivity index (χ4v) is 4.00. The van der Waals surface area contributed by atoms with E-state index in [1.54, 1.807) is 33.8 Å². The minimum atomic E-state index is -0.998. The Balaban J connectivity index is 1.41. The van der Waals surface area contributed by atoms with E-state index < -0.39 is 48.2 Å². The number of amides is 2. The van der Waals surface area contributed by atoms with Crippen molar-refractivity contribution in [3.05, 3.63) is 29.8 Å². The maximum Gasteiger partial charge on any atom is 0.252 e. The molecule has 0 aromatic heterocycles. The van der Waals surface area contributed by atoms with Gasteiger partial charge in [0, 0.05) is 5.69 Å². The van der Waals surface area contributed by atoms with E-state index in [1.807, 2.05) is 25.1 Å². The number of anilines is 1. The Morgan fingerprint density at radius 1 is 0.933 bits per heavy atom. The Hall–Kier alpha value is -2.04. The summed E-state index contributed by atoms with van der Waals surface area (Å²) in [7, 11) is 0. The van der Waals surface area contributed by atoms with E-state index in [2.05, 4.69) is 10.6 Å². The molecule has 164 valence electrons. The highest BCUT2D eigenvalue weighted by molar-refractivity contribution is 5.95. The van der Waals surface area contributed by atoms with Crippen molar-refractivity contribution < 1.29 is 33.3 Å². The molecule has 0 aliphatic carbocycles. The predicted octanol–water partition coefficient (Wildman–Crippen LogP) is 1.45. The van der Waals surface area contributed by atoms with Crippen molar-refractivity contribution >= 4 is 17.5 Å². The zero-order chi connectivity index (χ0) is 21.7. The molecule has 1 aromatic carbocycles. The van der Waals surface area contributed by atoms with Gasteiger partial charge in [0.25, 0.3) is 5.91 Å². The highest BCUT2D eigenvalue weighted by Gasteiger charge is 2.62. The first kappa shape index (κ1) is 21.2. The SMILES string of the molecule is Cc1ccccc1NC(=O)CNC(=O)C1OC2OC(C)(C)OC2C2OC(C)(C)OC12. The highest BCUT2D eigenvalue weighted by Crippen LogP contribution is 2.44. The molecule has 0 saturated carbocycles. The van der Waals surface area contributed by atoms with E-state index in [-0.39, 0.29) is 12.5 Å². The smallest absolute Gasteiger partial charge is 0.252 e. The van der Waals surface area contributed by atoms with E-state index in [0.29, 0.717) is 5.69 Å². The van der Waals surface area contributed by atoms with Gasteiger partial charge in [-0.05, 0) is 46.2 Å². The van der Waals surface area contributed by atoms with Crippen LogP contribution in [0.4, 0.5) is 5.69 Å². The number of fused-ring (bicyclic) bond motifs is 3. The van der Waals surface area contributed by atoms with Gasteiger partial charge in [0.15, 0.2) is 24.0 Å². The van der Waals surface area contributed by atoms with Gasteiger partial charge in [-0.15, -0.1) is 0 Å². The van der Waals surface area contributed by atoms with Crippen LogP contribution in [0.15, 0.2) is 24.3 Å². The Morgan fingerprint density at radius 2 is 1.57 bits per heavy atom. The van der Waals surface area contributed by atoms with Crippen LogP contribution in [0.25, 0.3) is 0 Å². The number of para-hydroxylation sites is 1. The summed E-state index contributed by atoms with van der Waals surface area (Å²) in [6.07, 6.45) is -3.49. The molecule has 3 aliphatic heterocycles. The normalized spacial score (nSPS) is 33.4. The molecule has 1 aromatic rings. The number of benzene rings is 1. The lowest BCUT2D eigenvalue weighted by atomic mass is 9.98. The number of hydrogen-bond acceptors (Lipinski definition) is 7. The number of rotatable bonds is 4. The summed E-state index contributed by atoms with van der Waals surface area (Å²) in [4.78, 5) is 25.2. The van der Waals surface area contributed by atoms with E-state index >= 15 is 0 Å². The maximum atomic E-state index is 12.9. The van der Waals surface area contributed by atoms with Gasteiger partial charge in [-0.2, -0.15) is 0 Å².